The number of nitrogens with one attached hydrogen (secondary N) is 1. The van der Waals surface area contributed by atoms with Gasteiger partial charge >= 0.3 is 5.97 Å². The van der Waals surface area contributed by atoms with E-state index in [4.69, 9.17) is 0 Å². The zero-order chi connectivity index (χ0) is 16.4. The van der Waals surface area contributed by atoms with Crippen LogP contribution in [0.15, 0.2) is 0 Å². The van der Waals surface area contributed by atoms with E-state index in [1.165, 1.54) is 0 Å². The predicted octanol–water partition coefficient (Wildman–Crippen LogP) is 1.68. The monoisotopic (exact) mass is 322 g/mol. The van der Waals surface area contributed by atoms with Crippen LogP contribution in [0.4, 0.5) is 0 Å². The number of hydrogen-bond donors (Lipinski definition) is 2. The summed E-state index contributed by atoms with van der Waals surface area (Å²) in [5.41, 5.74) is -1.13. The van der Waals surface area contributed by atoms with Crippen LogP contribution in [0.5, 0.6) is 0 Å². The largest absolute Gasteiger partial charge is 0.480 e. The van der Waals surface area contributed by atoms with E-state index in [1.807, 2.05) is 4.90 Å². The molecule has 0 aromatic rings. The van der Waals surface area contributed by atoms with Gasteiger partial charge in [-0.3, -0.25) is 9.59 Å². The number of carboxylic acids is 1. The fourth-order valence-corrected chi connectivity index (χ4v) is 4.36. The first-order valence-electron chi connectivity index (χ1n) is 8.87. The summed E-state index contributed by atoms with van der Waals surface area (Å²) in [6, 6.07) is 0.281. The van der Waals surface area contributed by atoms with E-state index in [9.17, 15) is 19.5 Å². The molecule has 0 spiro atoms. The number of carbonyl (C=O) groups is 3. The molecule has 128 valence electrons. The van der Waals surface area contributed by atoms with Crippen LogP contribution in [0.3, 0.4) is 0 Å². The third-order valence-corrected chi connectivity index (χ3v) is 5.77. The molecule has 2 saturated carbocycles. The Morgan fingerprint density at radius 1 is 1.09 bits per heavy atom. The van der Waals surface area contributed by atoms with Crippen molar-refractivity contribution in [2.75, 3.05) is 6.54 Å². The van der Waals surface area contributed by atoms with Crippen molar-refractivity contribution in [3.63, 3.8) is 0 Å². The van der Waals surface area contributed by atoms with E-state index >= 15 is 0 Å². The Kier molecular flexibility index (Phi) is 4.60. The molecule has 1 saturated heterocycles. The molecule has 6 nitrogen and oxygen atoms in total. The Morgan fingerprint density at radius 2 is 1.74 bits per heavy atom. The Labute approximate surface area is 136 Å². The standard InChI is InChI=1S/C17H26N2O4/c20-14-10-12(11-19(14)13-6-2-3-7-13)15(21)18-17(16(22)23)8-4-1-5-9-17/h12-13H,1-11H2,(H,18,21)(H,22,23)/t12-/m0/s1. The van der Waals surface area contributed by atoms with Crippen LogP contribution in [-0.2, 0) is 14.4 Å². The van der Waals surface area contributed by atoms with E-state index in [2.05, 4.69) is 5.32 Å². The van der Waals surface area contributed by atoms with Crippen LogP contribution >= 0.6 is 0 Å². The molecule has 0 bridgehead atoms. The lowest BCUT2D eigenvalue weighted by Crippen LogP contribution is -2.57. The number of rotatable bonds is 4. The van der Waals surface area contributed by atoms with E-state index in [-0.39, 0.29) is 24.3 Å². The van der Waals surface area contributed by atoms with Crippen LogP contribution in [-0.4, -0.2) is 45.9 Å². The van der Waals surface area contributed by atoms with E-state index in [1.54, 1.807) is 0 Å². The SMILES string of the molecule is O=C(NC1(C(=O)O)CCCCC1)[C@H]1CC(=O)N(C2CCCC2)C1. The quantitative estimate of drug-likeness (QED) is 0.824. The third kappa shape index (κ3) is 3.21. The molecular formula is C17H26N2O4. The van der Waals surface area contributed by atoms with Crippen molar-refractivity contribution in [2.24, 2.45) is 5.92 Å². The molecule has 2 amide bonds. The van der Waals surface area contributed by atoms with Gasteiger partial charge in [0.25, 0.3) is 0 Å². The van der Waals surface area contributed by atoms with E-state index < -0.39 is 17.4 Å². The fourth-order valence-electron chi connectivity index (χ4n) is 4.36. The highest BCUT2D eigenvalue weighted by atomic mass is 16.4. The van der Waals surface area contributed by atoms with Crippen molar-refractivity contribution in [2.45, 2.75) is 75.8 Å². The lowest BCUT2D eigenvalue weighted by molar-refractivity contribution is -0.150. The van der Waals surface area contributed by atoms with Crippen LogP contribution in [0.25, 0.3) is 0 Å². The first kappa shape index (κ1) is 16.3. The summed E-state index contributed by atoms with van der Waals surface area (Å²) in [4.78, 5) is 38.3. The average Bonchev–Trinajstić information content (AvgIpc) is 3.17. The number of carboxylic acid groups (broad SMARTS) is 1. The van der Waals surface area contributed by atoms with Crippen molar-refractivity contribution < 1.29 is 19.5 Å². The molecule has 2 N–H and O–H groups in total. The maximum Gasteiger partial charge on any atom is 0.329 e. The normalized spacial score (nSPS) is 28.1. The van der Waals surface area contributed by atoms with Gasteiger partial charge in [-0.2, -0.15) is 0 Å². The lowest BCUT2D eigenvalue weighted by atomic mass is 9.81. The molecule has 1 atom stereocenters. The van der Waals surface area contributed by atoms with Crippen LogP contribution in [0, 0.1) is 5.92 Å². The summed E-state index contributed by atoms with van der Waals surface area (Å²) in [5, 5.41) is 12.4. The van der Waals surface area contributed by atoms with Crippen molar-refractivity contribution in [1.82, 2.24) is 10.2 Å². The molecule has 3 fully saturated rings. The number of amides is 2. The van der Waals surface area contributed by atoms with E-state index in [0.717, 1.165) is 44.9 Å². The molecular weight excluding hydrogens is 296 g/mol. The maximum absolute atomic E-state index is 12.6. The average molecular weight is 322 g/mol. The Balaban J connectivity index is 1.63. The molecule has 1 heterocycles. The highest BCUT2D eigenvalue weighted by Gasteiger charge is 2.45. The van der Waals surface area contributed by atoms with Gasteiger partial charge in [-0.1, -0.05) is 32.1 Å². The third-order valence-electron chi connectivity index (χ3n) is 5.77. The summed E-state index contributed by atoms with van der Waals surface area (Å²) >= 11 is 0. The van der Waals surface area contributed by atoms with Gasteiger partial charge in [0.15, 0.2) is 0 Å². The van der Waals surface area contributed by atoms with Gasteiger partial charge in [-0.25, -0.2) is 4.79 Å². The minimum absolute atomic E-state index is 0.0464. The maximum atomic E-state index is 12.6. The Bertz CT molecular complexity index is 493. The topological polar surface area (TPSA) is 86.7 Å². The molecule has 6 heteroatoms. The van der Waals surface area contributed by atoms with Crippen LogP contribution < -0.4 is 5.32 Å². The molecule has 0 unspecified atom stereocenters. The summed E-state index contributed by atoms with van der Waals surface area (Å²) in [6.07, 6.45) is 8.20. The van der Waals surface area contributed by atoms with Crippen molar-refractivity contribution in [1.29, 1.82) is 0 Å². The second kappa shape index (κ2) is 6.49. The Hall–Kier alpha value is -1.59. The molecule has 0 aromatic carbocycles. The molecule has 3 aliphatic rings. The number of nitrogens with zero attached hydrogens (tertiary/aromatic N) is 1. The van der Waals surface area contributed by atoms with Gasteiger partial charge in [-0.15, -0.1) is 0 Å². The molecule has 3 rings (SSSR count). The summed E-state index contributed by atoms with van der Waals surface area (Å²) in [7, 11) is 0. The van der Waals surface area contributed by atoms with Crippen molar-refractivity contribution in [3.05, 3.63) is 0 Å². The number of carbonyl (C=O) groups excluding carboxylic acids is 2. The van der Waals surface area contributed by atoms with Crippen molar-refractivity contribution in [3.8, 4) is 0 Å². The first-order chi connectivity index (χ1) is 11.0. The Morgan fingerprint density at radius 3 is 2.35 bits per heavy atom. The zero-order valence-corrected chi connectivity index (χ0v) is 13.6. The number of likely N-dealkylation sites (tertiary alicyclic amines) is 1. The van der Waals surface area contributed by atoms with Gasteiger partial charge < -0.3 is 15.3 Å². The van der Waals surface area contributed by atoms with Crippen LogP contribution in [0.2, 0.25) is 0 Å². The van der Waals surface area contributed by atoms with Gasteiger partial charge in [0.1, 0.15) is 5.54 Å². The summed E-state index contributed by atoms with van der Waals surface area (Å²) in [5.74, 6) is -1.56. The zero-order valence-electron chi connectivity index (χ0n) is 13.6. The first-order valence-corrected chi connectivity index (χ1v) is 8.87. The highest BCUT2D eigenvalue weighted by molar-refractivity contribution is 5.92. The number of aliphatic carboxylic acids is 1. The van der Waals surface area contributed by atoms with Crippen LogP contribution in [0.1, 0.15) is 64.2 Å². The van der Waals surface area contributed by atoms with Gasteiger partial charge in [0.05, 0.1) is 5.92 Å². The smallest absolute Gasteiger partial charge is 0.329 e. The second-order valence-corrected chi connectivity index (χ2v) is 7.32. The predicted molar refractivity (Wildman–Crippen MR) is 83.7 cm³/mol. The fraction of sp³-hybridized carbons (Fsp3) is 0.824. The van der Waals surface area contributed by atoms with E-state index in [0.29, 0.717) is 19.4 Å². The van der Waals surface area contributed by atoms with Gasteiger partial charge in [0.2, 0.25) is 11.8 Å². The summed E-state index contributed by atoms with van der Waals surface area (Å²) < 4.78 is 0. The molecule has 1 aliphatic heterocycles. The summed E-state index contributed by atoms with van der Waals surface area (Å²) in [6.45, 7) is 0.449. The minimum Gasteiger partial charge on any atom is -0.480 e. The lowest BCUT2D eigenvalue weighted by Gasteiger charge is -2.34. The van der Waals surface area contributed by atoms with Gasteiger partial charge in [-0.05, 0) is 25.7 Å². The van der Waals surface area contributed by atoms with Crippen molar-refractivity contribution >= 4 is 17.8 Å². The van der Waals surface area contributed by atoms with Gasteiger partial charge in [0, 0.05) is 19.0 Å². The molecule has 0 radical (unpaired) electrons. The number of hydrogen-bond acceptors (Lipinski definition) is 3. The molecule has 23 heavy (non-hydrogen) atoms. The second-order valence-electron chi connectivity index (χ2n) is 7.32. The molecule has 0 aromatic heterocycles. The molecule has 2 aliphatic carbocycles. The highest BCUT2D eigenvalue weighted by Crippen LogP contribution is 2.32. The minimum atomic E-state index is -1.13.